The number of nitrogens with zero attached hydrogens (tertiary/aromatic N) is 2. The molecule has 0 saturated heterocycles. The van der Waals surface area contributed by atoms with Crippen molar-refractivity contribution in [3.05, 3.63) is 63.7 Å². The van der Waals surface area contributed by atoms with E-state index in [1.807, 2.05) is 45.2 Å². The summed E-state index contributed by atoms with van der Waals surface area (Å²) in [5, 5.41) is 7.50. The fourth-order valence-corrected chi connectivity index (χ4v) is 2.90. The van der Waals surface area contributed by atoms with Gasteiger partial charge in [-0.15, -0.1) is 0 Å². The van der Waals surface area contributed by atoms with Crippen molar-refractivity contribution in [3.8, 4) is 0 Å². The van der Waals surface area contributed by atoms with Crippen LogP contribution in [0.25, 0.3) is 10.9 Å². The first-order valence-corrected chi connectivity index (χ1v) is 7.86. The van der Waals surface area contributed by atoms with E-state index in [4.69, 9.17) is 0 Å². The number of benzene rings is 1. The molecule has 6 heteroatoms. The quantitative estimate of drug-likeness (QED) is 0.772. The molecule has 0 spiro atoms. The molecule has 0 unspecified atom stereocenters. The average Bonchev–Trinajstić information content (AvgIpc) is 3.00. The van der Waals surface area contributed by atoms with Crippen molar-refractivity contribution in [2.75, 3.05) is 0 Å². The van der Waals surface area contributed by atoms with E-state index in [0.717, 1.165) is 16.6 Å². The number of carbonyl (C=O) groups is 1. The number of fused-ring (bicyclic) bond motifs is 1. The Kier molecular flexibility index (Phi) is 4.20. The van der Waals surface area contributed by atoms with Crippen LogP contribution >= 0.6 is 0 Å². The van der Waals surface area contributed by atoms with E-state index in [2.05, 4.69) is 15.4 Å². The highest BCUT2D eigenvalue weighted by Gasteiger charge is 2.16. The smallest absolute Gasteiger partial charge is 0.257 e. The highest BCUT2D eigenvalue weighted by molar-refractivity contribution is 5.97. The highest BCUT2D eigenvalue weighted by Crippen LogP contribution is 2.15. The summed E-state index contributed by atoms with van der Waals surface area (Å²) >= 11 is 0. The van der Waals surface area contributed by atoms with Gasteiger partial charge in [-0.2, -0.15) is 5.10 Å². The molecule has 0 aliphatic carbocycles. The molecule has 2 heterocycles. The van der Waals surface area contributed by atoms with Crippen molar-refractivity contribution in [1.82, 2.24) is 20.1 Å². The number of nitrogens with one attached hydrogen (secondary N) is 2. The van der Waals surface area contributed by atoms with Crippen LogP contribution in [0.15, 0.2) is 41.6 Å². The number of aryl methyl sites for hydroxylation is 2. The molecule has 0 fully saturated rings. The molecule has 0 radical (unpaired) electrons. The molecule has 0 saturated carbocycles. The van der Waals surface area contributed by atoms with Crippen LogP contribution in [-0.4, -0.2) is 26.7 Å². The summed E-state index contributed by atoms with van der Waals surface area (Å²) < 4.78 is 1.74. The van der Waals surface area contributed by atoms with Crippen molar-refractivity contribution in [1.29, 1.82) is 0 Å². The van der Waals surface area contributed by atoms with Gasteiger partial charge in [0, 0.05) is 30.0 Å². The zero-order valence-electron chi connectivity index (χ0n) is 14.0. The lowest BCUT2D eigenvalue weighted by Gasteiger charge is -2.14. The molecule has 3 rings (SSSR count). The number of hydrogen-bond donors (Lipinski definition) is 2. The molecule has 0 bridgehead atoms. The fraction of sp³-hybridized carbons (Fsp3) is 0.278. The summed E-state index contributed by atoms with van der Waals surface area (Å²) in [6, 6.07) is 5.49. The van der Waals surface area contributed by atoms with Crippen LogP contribution in [0, 0.1) is 13.8 Å². The number of amides is 1. The minimum atomic E-state index is -0.378. The number of carbonyl (C=O) groups excluding carboxylic acids is 1. The SMILES string of the molecule is Cc1cc(C)c2[nH]cc(C(=O)N[C@H](C)Cn3cccn3)c(=O)c2c1. The molecule has 1 atom stereocenters. The zero-order chi connectivity index (χ0) is 17.3. The first kappa shape index (κ1) is 16.0. The van der Waals surface area contributed by atoms with Crippen molar-refractivity contribution < 1.29 is 4.79 Å². The van der Waals surface area contributed by atoms with Gasteiger partial charge in [-0.3, -0.25) is 14.3 Å². The molecular formula is C18H20N4O2. The molecule has 0 aliphatic rings. The third-order valence-electron chi connectivity index (χ3n) is 3.97. The van der Waals surface area contributed by atoms with E-state index in [1.54, 1.807) is 10.9 Å². The second kappa shape index (κ2) is 6.31. The van der Waals surface area contributed by atoms with Gasteiger partial charge in [0.2, 0.25) is 5.43 Å². The predicted molar refractivity (Wildman–Crippen MR) is 93.2 cm³/mol. The predicted octanol–water partition coefficient (Wildman–Crippen LogP) is 2.16. The Labute approximate surface area is 139 Å². The molecule has 1 aromatic carbocycles. The van der Waals surface area contributed by atoms with Crippen LogP contribution in [0.3, 0.4) is 0 Å². The Balaban J connectivity index is 1.87. The van der Waals surface area contributed by atoms with Crippen LogP contribution in [0.1, 0.15) is 28.4 Å². The standard InChI is InChI=1S/C18H20N4O2/c1-11-7-12(2)16-14(8-11)17(23)15(9-19-16)18(24)21-13(3)10-22-6-4-5-20-22/h4-9,13H,10H2,1-3H3,(H,19,23)(H,21,24)/t13-/m1/s1. The second-order valence-corrected chi connectivity index (χ2v) is 6.14. The molecule has 2 N–H and O–H groups in total. The van der Waals surface area contributed by atoms with Crippen LogP contribution in [-0.2, 0) is 6.54 Å². The molecular weight excluding hydrogens is 304 g/mol. The summed E-state index contributed by atoms with van der Waals surface area (Å²) in [6.07, 6.45) is 5.01. The van der Waals surface area contributed by atoms with E-state index in [9.17, 15) is 9.59 Å². The lowest BCUT2D eigenvalue weighted by molar-refractivity contribution is 0.0935. The normalized spacial score (nSPS) is 12.3. The number of aromatic nitrogens is 3. The third-order valence-corrected chi connectivity index (χ3v) is 3.97. The van der Waals surface area contributed by atoms with Crippen molar-refractivity contribution in [2.45, 2.75) is 33.4 Å². The van der Waals surface area contributed by atoms with Crippen molar-refractivity contribution >= 4 is 16.8 Å². The number of hydrogen-bond acceptors (Lipinski definition) is 3. The first-order chi connectivity index (χ1) is 11.5. The molecule has 124 valence electrons. The van der Waals surface area contributed by atoms with Gasteiger partial charge in [-0.05, 0) is 44.0 Å². The summed E-state index contributed by atoms with van der Waals surface area (Å²) in [5.41, 5.74) is 2.63. The average molecular weight is 324 g/mol. The molecule has 3 aromatic rings. The van der Waals surface area contributed by atoms with Crippen LogP contribution in [0.4, 0.5) is 0 Å². The topological polar surface area (TPSA) is 79.8 Å². The molecule has 6 nitrogen and oxygen atoms in total. The van der Waals surface area contributed by atoms with Gasteiger partial charge in [-0.1, -0.05) is 6.07 Å². The maximum atomic E-state index is 12.7. The van der Waals surface area contributed by atoms with E-state index in [1.165, 1.54) is 6.20 Å². The number of H-pyrrole nitrogens is 1. The highest BCUT2D eigenvalue weighted by atomic mass is 16.2. The van der Waals surface area contributed by atoms with Gasteiger partial charge < -0.3 is 10.3 Å². The largest absolute Gasteiger partial charge is 0.360 e. The van der Waals surface area contributed by atoms with E-state index in [0.29, 0.717) is 11.9 Å². The van der Waals surface area contributed by atoms with E-state index < -0.39 is 0 Å². The number of rotatable bonds is 4. The fourth-order valence-electron chi connectivity index (χ4n) is 2.90. The van der Waals surface area contributed by atoms with E-state index >= 15 is 0 Å². The molecule has 0 aliphatic heterocycles. The lowest BCUT2D eigenvalue weighted by Crippen LogP contribution is -2.38. The van der Waals surface area contributed by atoms with Crippen molar-refractivity contribution in [2.24, 2.45) is 0 Å². The monoisotopic (exact) mass is 324 g/mol. The Morgan fingerprint density at radius 3 is 2.88 bits per heavy atom. The second-order valence-electron chi connectivity index (χ2n) is 6.14. The van der Waals surface area contributed by atoms with Crippen LogP contribution < -0.4 is 10.7 Å². The Morgan fingerprint density at radius 2 is 2.17 bits per heavy atom. The zero-order valence-corrected chi connectivity index (χ0v) is 14.0. The lowest BCUT2D eigenvalue weighted by atomic mass is 10.0. The maximum Gasteiger partial charge on any atom is 0.257 e. The Morgan fingerprint density at radius 1 is 1.38 bits per heavy atom. The van der Waals surface area contributed by atoms with Gasteiger partial charge in [0.25, 0.3) is 5.91 Å². The first-order valence-electron chi connectivity index (χ1n) is 7.86. The Hall–Kier alpha value is -2.89. The van der Waals surface area contributed by atoms with Crippen molar-refractivity contribution in [3.63, 3.8) is 0 Å². The van der Waals surface area contributed by atoms with Gasteiger partial charge in [0.1, 0.15) is 5.56 Å². The maximum absolute atomic E-state index is 12.7. The minimum Gasteiger partial charge on any atom is -0.360 e. The summed E-state index contributed by atoms with van der Waals surface area (Å²) in [6.45, 7) is 6.30. The molecule has 24 heavy (non-hydrogen) atoms. The van der Waals surface area contributed by atoms with Gasteiger partial charge >= 0.3 is 0 Å². The van der Waals surface area contributed by atoms with Gasteiger partial charge in [0.15, 0.2) is 0 Å². The van der Waals surface area contributed by atoms with E-state index in [-0.39, 0.29) is 22.9 Å². The molecule has 1 amide bonds. The van der Waals surface area contributed by atoms with Crippen LogP contribution in [0.2, 0.25) is 0 Å². The van der Waals surface area contributed by atoms with Gasteiger partial charge in [-0.25, -0.2) is 0 Å². The third kappa shape index (κ3) is 3.08. The summed E-state index contributed by atoms with van der Waals surface area (Å²) in [7, 11) is 0. The number of pyridine rings is 1. The molecule has 2 aromatic heterocycles. The summed E-state index contributed by atoms with van der Waals surface area (Å²) in [5.74, 6) is -0.378. The number of aromatic amines is 1. The summed E-state index contributed by atoms with van der Waals surface area (Å²) in [4.78, 5) is 28.2. The Bertz CT molecular complexity index is 942. The van der Waals surface area contributed by atoms with Gasteiger partial charge in [0.05, 0.1) is 12.1 Å². The van der Waals surface area contributed by atoms with Crippen LogP contribution in [0.5, 0.6) is 0 Å². The minimum absolute atomic E-state index is 0.125.